The van der Waals surface area contributed by atoms with Crippen LogP contribution in [0, 0.1) is 0 Å². The number of nitrogens with zero attached hydrogens (tertiary/aromatic N) is 1. The summed E-state index contributed by atoms with van der Waals surface area (Å²) in [6.07, 6.45) is 1.53. The maximum Gasteiger partial charge on any atom is 0.438 e. The van der Waals surface area contributed by atoms with Crippen molar-refractivity contribution < 1.29 is 15.7 Å². The number of allylic oxidation sites excluding steroid dienone is 1. The van der Waals surface area contributed by atoms with Gasteiger partial charge >= 0.3 is 10.4 Å². The van der Waals surface area contributed by atoms with Crippen LogP contribution in [0.4, 0.5) is 0 Å². The molecule has 2 rings (SSSR count). The molecule has 2 aliphatic rings. The monoisotopic (exact) mass is 195 g/mol. The molecule has 7 heteroatoms. The van der Waals surface area contributed by atoms with Gasteiger partial charge in [0, 0.05) is 6.20 Å². The molecule has 0 aromatic rings. The zero-order chi connectivity index (χ0) is 8.11. The third kappa shape index (κ3) is 0.924. The lowest BCUT2D eigenvalue weighted by Crippen LogP contribution is -2.28. The summed E-state index contributed by atoms with van der Waals surface area (Å²) in [5, 5.41) is 0. The predicted molar refractivity (Wildman–Crippen MR) is 40.9 cm³/mol. The maximum absolute atomic E-state index is 10.5. The fourth-order valence-electron chi connectivity index (χ4n) is 0.767. The third-order valence-electron chi connectivity index (χ3n) is 1.27. The minimum atomic E-state index is -3.70. The second-order valence-electron chi connectivity index (χ2n) is 2.08. The zero-order valence-electron chi connectivity index (χ0n) is 5.55. The van der Waals surface area contributed by atoms with Gasteiger partial charge in [-0.3, -0.25) is 0 Å². The fourth-order valence-corrected chi connectivity index (χ4v) is 4.52. The van der Waals surface area contributed by atoms with E-state index in [-0.39, 0.29) is 0 Å². The Morgan fingerprint density at radius 3 is 2.45 bits per heavy atom. The Morgan fingerprint density at radius 2 is 2.09 bits per heavy atom. The molecule has 0 N–H and O–H groups in total. The largest absolute Gasteiger partial charge is 0.438 e. The van der Waals surface area contributed by atoms with E-state index in [1.165, 1.54) is 11.7 Å². The van der Waals surface area contributed by atoms with Crippen LogP contribution in [0.2, 0.25) is 0 Å². The van der Waals surface area contributed by atoms with Crippen LogP contribution in [-0.4, -0.2) is 14.0 Å². The Kier molecular flexibility index (Phi) is 1.23. The normalized spacial score (nSPS) is 33.0. The van der Waals surface area contributed by atoms with Gasteiger partial charge in [-0.25, -0.2) is 4.99 Å². The van der Waals surface area contributed by atoms with Crippen molar-refractivity contribution in [1.82, 2.24) is 0 Å². The second kappa shape index (κ2) is 1.86. The standard InChI is InChI=1S/C4H5NO4S2/c1-4-2-5-3-10(4)8-11(6,7)9-10/h2-3H,1H3. The quantitative estimate of drug-likeness (QED) is 0.574. The van der Waals surface area contributed by atoms with Gasteiger partial charge in [0.15, 0.2) is 0 Å². The molecule has 1 spiro atoms. The SMILES string of the molecule is CC1=CN=CS12OS(=O)(=O)O2. The summed E-state index contributed by atoms with van der Waals surface area (Å²) < 4.78 is 30.2. The first-order valence-electron chi connectivity index (χ1n) is 2.74. The highest BCUT2D eigenvalue weighted by Gasteiger charge is 2.47. The summed E-state index contributed by atoms with van der Waals surface area (Å²) in [6.45, 7) is 1.72. The van der Waals surface area contributed by atoms with Gasteiger partial charge in [0.05, 0.1) is 4.91 Å². The fraction of sp³-hybridized carbons (Fsp3) is 0.250. The Morgan fingerprint density at radius 1 is 1.45 bits per heavy atom. The highest BCUT2D eigenvalue weighted by molar-refractivity contribution is 8.48. The van der Waals surface area contributed by atoms with Crippen LogP contribution < -0.4 is 0 Å². The van der Waals surface area contributed by atoms with E-state index >= 15 is 0 Å². The Labute approximate surface area is 65.8 Å². The van der Waals surface area contributed by atoms with E-state index in [1.54, 1.807) is 6.92 Å². The van der Waals surface area contributed by atoms with E-state index in [1.807, 2.05) is 0 Å². The first-order chi connectivity index (χ1) is 5.04. The second-order valence-corrected chi connectivity index (χ2v) is 5.93. The van der Waals surface area contributed by atoms with Crippen LogP contribution in [0.25, 0.3) is 0 Å². The van der Waals surface area contributed by atoms with Crippen molar-refractivity contribution in [3.05, 3.63) is 11.1 Å². The molecule has 0 amide bonds. The van der Waals surface area contributed by atoms with Gasteiger partial charge in [-0.2, -0.15) is 8.42 Å². The Hall–Kier alpha value is -0.370. The van der Waals surface area contributed by atoms with Crippen LogP contribution in [0.1, 0.15) is 6.92 Å². The van der Waals surface area contributed by atoms with E-state index in [4.69, 9.17) is 0 Å². The Bertz CT molecular complexity index is 342. The van der Waals surface area contributed by atoms with Crippen LogP contribution in [0.15, 0.2) is 16.1 Å². The smallest absolute Gasteiger partial charge is 0.246 e. The predicted octanol–water partition coefficient (Wildman–Crippen LogP) is 0.816. The van der Waals surface area contributed by atoms with Crippen LogP contribution in [-0.2, 0) is 17.7 Å². The van der Waals surface area contributed by atoms with E-state index in [0.29, 0.717) is 4.91 Å². The van der Waals surface area contributed by atoms with Gasteiger partial charge < -0.3 is 0 Å². The molecule has 0 atom stereocenters. The number of hydrogen-bond acceptors (Lipinski definition) is 5. The summed E-state index contributed by atoms with van der Waals surface area (Å²) in [5.41, 5.74) is 1.39. The maximum atomic E-state index is 10.5. The molecule has 11 heavy (non-hydrogen) atoms. The number of aliphatic imine (C=N–C) groups is 1. The van der Waals surface area contributed by atoms with Crippen LogP contribution in [0.5, 0.6) is 0 Å². The lowest BCUT2D eigenvalue weighted by molar-refractivity contribution is 0.356. The van der Waals surface area contributed by atoms with Crippen LogP contribution >= 0.6 is 10.6 Å². The zero-order valence-corrected chi connectivity index (χ0v) is 7.18. The molecule has 1 saturated heterocycles. The van der Waals surface area contributed by atoms with Crippen molar-refractivity contribution in [1.29, 1.82) is 0 Å². The molecule has 0 aromatic heterocycles. The molecular weight excluding hydrogens is 190 g/mol. The number of hydrogen-bond donors (Lipinski definition) is 0. The summed E-state index contributed by atoms with van der Waals surface area (Å²) in [7, 11) is -5.77. The van der Waals surface area contributed by atoms with Crippen molar-refractivity contribution in [2.75, 3.05) is 0 Å². The molecule has 0 unspecified atom stereocenters. The topological polar surface area (TPSA) is 65.0 Å². The van der Waals surface area contributed by atoms with Crippen molar-refractivity contribution in [3.8, 4) is 0 Å². The molecule has 2 heterocycles. The highest BCUT2D eigenvalue weighted by Crippen LogP contribution is 2.67. The van der Waals surface area contributed by atoms with Gasteiger partial charge in [-0.15, -0.1) is 7.26 Å². The molecule has 0 bridgehead atoms. The molecule has 0 radical (unpaired) electrons. The third-order valence-corrected chi connectivity index (χ3v) is 5.63. The minimum Gasteiger partial charge on any atom is -0.246 e. The molecular formula is C4H5NO4S2. The van der Waals surface area contributed by atoms with Gasteiger partial charge in [0.1, 0.15) is 5.55 Å². The summed E-state index contributed by atoms with van der Waals surface area (Å²) in [6, 6.07) is 0. The summed E-state index contributed by atoms with van der Waals surface area (Å²) in [5.74, 6) is 0. The van der Waals surface area contributed by atoms with Crippen molar-refractivity contribution in [3.63, 3.8) is 0 Å². The van der Waals surface area contributed by atoms with Crippen molar-refractivity contribution in [2.45, 2.75) is 6.92 Å². The lowest BCUT2D eigenvalue weighted by atomic mass is 10.7. The molecule has 5 nitrogen and oxygen atoms in total. The average Bonchev–Trinajstić information content (AvgIpc) is 2.10. The van der Waals surface area contributed by atoms with Gasteiger partial charge in [-0.1, -0.05) is 10.6 Å². The molecule has 0 aromatic carbocycles. The molecule has 0 aliphatic carbocycles. The Balaban J connectivity index is 2.32. The molecule has 0 saturated carbocycles. The van der Waals surface area contributed by atoms with Crippen molar-refractivity contribution >= 4 is 26.5 Å². The van der Waals surface area contributed by atoms with E-state index in [0.717, 1.165) is 0 Å². The van der Waals surface area contributed by atoms with E-state index in [9.17, 15) is 8.42 Å². The summed E-state index contributed by atoms with van der Waals surface area (Å²) >= 11 is 0. The van der Waals surface area contributed by atoms with Crippen LogP contribution in [0.3, 0.4) is 0 Å². The molecule has 62 valence electrons. The average molecular weight is 195 g/mol. The van der Waals surface area contributed by atoms with Crippen molar-refractivity contribution in [2.24, 2.45) is 4.99 Å². The molecule has 1 fully saturated rings. The first kappa shape index (κ1) is 7.29. The van der Waals surface area contributed by atoms with Gasteiger partial charge in [0.2, 0.25) is 0 Å². The number of rotatable bonds is 0. The molecule has 2 aliphatic heterocycles. The van der Waals surface area contributed by atoms with E-state index in [2.05, 4.69) is 12.3 Å². The lowest BCUT2D eigenvalue weighted by Gasteiger charge is -2.41. The van der Waals surface area contributed by atoms with Gasteiger partial charge in [0.25, 0.3) is 0 Å². The van der Waals surface area contributed by atoms with E-state index < -0.39 is 21.0 Å². The highest BCUT2D eigenvalue weighted by atomic mass is 32.4. The first-order valence-corrected chi connectivity index (χ1v) is 5.62. The summed E-state index contributed by atoms with van der Waals surface area (Å²) in [4.78, 5) is 4.46. The minimum absolute atomic E-state index is 0.715. The van der Waals surface area contributed by atoms with Gasteiger partial charge in [-0.05, 0) is 6.92 Å².